The van der Waals surface area contributed by atoms with Crippen LogP contribution in [0.4, 0.5) is 0 Å². The first-order chi connectivity index (χ1) is 8.54. The van der Waals surface area contributed by atoms with Crippen LogP contribution >= 0.6 is 22.9 Å². The highest BCUT2D eigenvalue weighted by atomic mass is 35.5. The van der Waals surface area contributed by atoms with E-state index >= 15 is 0 Å². The van der Waals surface area contributed by atoms with E-state index in [1.54, 1.807) is 16.4 Å². The SMILES string of the molecule is NCCC1CCCN(S(=O)(=O)c2ccc(Cl)s2)C1. The molecule has 0 aliphatic carbocycles. The number of sulfonamides is 1. The molecule has 0 spiro atoms. The average molecular weight is 309 g/mol. The maximum Gasteiger partial charge on any atom is 0.252 e. The van der Waals surface area contributed by atoms with Gasteiger partial charge in [0.25, 0.3) is 10.0 Å². The van der Waals surface area contributed by atoms with E-state index in [0.717, 1.165) is 30.6 Å². The Labute approximate surface area is 117 Å². The van der Waals surface area contributed by atoms with Crippen LogP contribution in [0, 0.1) is 5.92 Å². The standard InChI is InChI=1S/C11H17ClN2O2S2/c12-10-3-4-11(17-10)18(15,16)14-7-1-2-9(8-14)5-6-13/h3-4,9H,1-2,5-8,13H2. The lowest BCUT2D eigenvalue weighted by molar-refractivity contribution is 0.258. The zero-order valence-corrected chi connectivity index (χ0v) is 12.4. The largest absolute Gasteiger partial charge is 0.330 e. The minimum absolute atomic E-state index is 0.334. The first kappa shape index (κ1) is 14.3. The van der Waals surface area contributed by atoms with Gasteiger partial charge in [-0.1, -0.05) is 11.6 Å². The van der Waals surface area contributed by atoms with Crippen LogP contribution in [0.5, 0.6) is 0 Å². The third-order valence-electron chi connectivity index (χ3n) is 3.20. The molecule has 1 fully saturated rings. The van der Waals surface area contributed by atoms with Gasteiger partial charge in [-0.2, -0.15) is 4.31 Å². The maximum atomic E-state index is 12.4. The van der Waals surface area contributed by atoms with Crippen LogP contribution < -0.4 is 5.73 Å². The summed E-state index contributed by atoms with van der Waals surface area (Å²) in [6.45, 7) is 1.79. The monoisotopic (exact) mass is 308 g/mol. The summed E-state index contributed by atoms with van der Waals surface area (Å²) in [4.78, 5) is 0. The van der Waals surface area contributed by atoms with Gasteiger partial charge in [-0.15, -0.1) is 11.3 Å². The molecule has 2 N–H and O–H groups in total. The lowest BCUT2D eigenvalue weighted by Gasteiger charge is -2.31. The molecule has 1 aliphatic rings. The van der Waals surface area contributed by atoms with Crippen molar-refractivity contribution in [2.24, 2.45) is 11.7 Å². The van der Waals surface area contributed by atoms with Crippen LogP contribution in [0.25, 0.3) is 0 Å². The van der Waals surface area contributed by atoms with Gasteiger partial charge in [0.05, 0.1) is 4.34 Å². The Balaban J connectivity index is 2.15. The predicted octanol–water partition coefficient (Wildman–Crippen LogP) is 2.15. The molecule has 0 radical (unpaired) electrons. The molecule has 1 unspecified atom stereocenters. The highest BCUT2D eigenvalue weighted by Crippen LogP contribution is 2.31. The van der Waals surface area contributed by atoms with Crippen molar-refractivity contribution in [3.05, 3.63) is 16.5 Å². The van der Waals surface area contributed by atoms with E-state index in [1.165, 1.54) is 0 Å². The van der Waals surface area contributed by atoms with Crippen LogP contribution in [-0.4, -0.2) is 32.4 Å². The average Bonchev–Trinajstić information content (AvgIpc) is 2.77. The van der Waals surface area contributed by atoms with E-state index in [9.17, 15) is 8.42 Å². The molecule has 0 bridgehead atoms. The van der Waals surface area contributed by atoms with Crippen molar-refractivity contribution in [3.63, 3.8) is 0 Å². The van der Waals surface area contributed by atoms with Crippen LogP contribution in [0.3, 0.4) is 0 Å². The normalized spacial score (nSPS) is 22.2. The van der Waals surface area contributed by atoms with Crippen molar-refractivity contribution in [1.82, 2.24) is 4.31 Å². The third-order valence-corrected chi connectivity index (χ3v) is 6.76. The van der Waals surface area contributed by atoms with Gasteiger partial charge < -0.3 is 5.73 Å². The highest BCUT2D eigenvalue weighted by molar-refractivity contribution is 7.91. The molecule has 7 heteroatoms. The zero-order valence-electron chi connectivity index (χ0n) is 10.0. The molecule has 0 amide bonds. The van der Waals surface area contributed by atoms with Gasteiger partial charge in [0.2, 0.25) is 0 Å². The number of piperidine rings is 1. The summed E-state index contributed by atoms with van der Waals surface area (Å²) in [5.41, 5.74) is 5.54. The molecule has 2 heterocycles. The molecule has 0 aromatic carbocycles. The van der Waals surface area contributed by atoms with Crippen LogP contribution in [-0.2, 0) is 10.0 Å². The fourth-order valence-corrected chi connectivity index (χ4v) is 5.47. The Kier molecular flexibility index (Phi) is 4.66. The molecule has 0 saturated carbocycles. The molecule has 18 heavy (non-hydrogen) atoms. The minimum atomic E-state index is -3.37. The fourth-order valence-electron chi connectivity index (χ4n) is 2.28. The molecule has 4 nitrogen and oxygen atoms in total. The molecule has 2 rings (SSSR count). The van der Waals surface area contributed by atoms with Gasteiger partial charge in [-0.25, -0.2) is 8.42 Å². The third kappa shape index (κ3) is 3.05. The van der Waals surface area contributed by atoms with Crippen LogP contribution in [0.1, 0.15) is 19.3 Å². The lowest BCUT2D eigenvalue weighted by atomic mass is 9.96. The Hall–Kier alpha value is -0.140. The predicted molar refractivity (Wildman–Crippen MR) is 74.5 cm³/mol. The Morgan fingerprint density at radius 2 is 2.28 bits per heavy atom. The quantitative estimate of drug-likeness (QED) is 0.927. The molecular weight excluding hydrogens is 292 g/mol. The second-order valence-electron chi connectivity index (χ2n) is 4.51. The zero-order chi connectivity index (χ0) is 13.2. The number of halogens is 1. The highest BCUT2D eigenvalue weighted by Gasteiger charge is 2.30. The fraction of sp³-hybridized carbons (Fsp3) is 0.636. The van der Waals surface area contributed by atoms with Gasteiger partial charge in [0, 0.05) is 13.1 Å². The summed E-state index contributed by atoms with van der Waals surface area (Å²) in [6.07, 6.45) is 2.86. The molecule has 1 atom stereocenters. The van der Waals surface area contributed by atoms with E-state index < -0.39 is 10.0 Å². The van der Waals surface area contributed by atoms with Crippen molar-refractivity contribution in [2.75, 3.05) is 19.6 Å². The molecule has 1 aromatic heterocycles. The topological polar surface area (TPSA) is 63.4 Å². The minimum Gasteiger partial charge on any atom is -0.330 e. The molecule has 102 valence electrons. The second-order valence-corrected chi connectivity index (χ2v) is 8.39. The number of nitrogens with two attached hydrogens (primary N) is 1. The molecular formula is C11H17ClN2O2S2. The van der Waals surface area contributed by atoms with E-state index in [1.807, 2.05) is 0 Å². The van der Waals surface area contributed by atoms with Crippen molar-refractivity contribution in [3.8, 4) is 0 Å². The second kappa shape index (κ2) is 5.88. The van der Waals surface area contributed by atoms with Gasteiger partial charge in [-0.3, -0.25) is 0 Å². The molecule has 1 aliphatic heterocycles. The lowest BCUT2D eigenvalue weighted by Crippen LogP contribution is -2.40. The number of thiophene rings is 1. The molecule has 1 aromatic rings. The molecule has 1 saturated heterocycles. The van der Waals surface area contributed by atoms with Gasteiger partial charge in [0.1, 0.15) is 4.21 Å². The summed E-state index contributed by atoms with van der Waals surface area (Å²) in [6, 6.07) is 3.20. The Morgan fingerprint density at radius 3 is 2.89 bits per heavy atom. The number of rotatable bonds is 4. The smallest absolute Gasteiger partial charge is 0.252 e. The van der Waals surface area contributed by atoms with E-state index in [4.69, 9.17) is 17.3 Å². The number of nitrogens with zero attached hydrogens (tertiary/aromatic N) is 1. The van der Waals surface area contributed by atoms with Crippen LogP contribution in [0.15, 0.2) is 16.3 Å². The Bertz CT molecular complexity index is 499. The number of hydrogen-bond donors (Lipinski definition) is 1. The summed E-state index contributed by atoms with van der Waals surface area (Å²) in [5, 5.41) is 0. The van der Waals surface area contributed by atoms with Gasteiger partial charge >= 0.3 is 0 Å². The van der Waals surface area contributed by atoms with Gasteiger partial charge in [0.15, 0.2) is 0 Å². The summed E-state index contributed by atoms with van der Waals surface area (Å²) >= 11 is 6.92. The van der Waals surface area contributed by atoms with E-state index in [-0.39, 0.29) is 0 Å². The van der Waals surface area contributed by atoms with Crippen molar-refractivity contribution in [1.29, 1.82) is 0 Å². The Morgan fingerprint density at radius 1 is 1.50 bits per heavy atom. The first-order valence-electron chi connectivity index (χ1n) is 5.99. The van der Waals surface area contributed by atoms with Crippen LogP contribution in [0.2, 0.25) is 4.34 Å². The summed E-state index contributed by atoms with van der Waals surface area (Å²) < 4.78 is 27.2. The van der Waals surface area contributed by atoms with Crippen molar-refractivity contribution >= 4 is 33.0 Å². The maximum absolute atomic E-state index is 12.4. The number of hydrogen-bond acceptors (Lipinski definition) is 4. The van der Waals surface area contributed by atoms with Crippen molar-refractivity contribution < 1.29 is 8.42 Å². The van der Waals surface area contributed by atoms with E-state index in [0.29, 0.717) is 34.1 Å². The van der Waals surface area contributed by atoms with Crippen molar-refractivity contribution in [2.45, 2.75) is 23.5 Å². The summed E-state index contributed by atoms with van der Waals surface area (Å²) in [7, 11) is -3.37. The first-order valence-corrected chi connectivity index (χ1v) is 8.63. The van der Waals surface area contributed by atoms with E-state index in [2.05, 4.69) is 0 Å². The summed E-state index contributed by atoms with van der Waals surface area (Å²) in [5.74, 6) is 0.383. The van der Waals surface area contributed by atoms with Gasteiger partial charge in [-0.05, 0) is 43.9 Å².